The normalized spacial score (nSPS) is 10.6. The topological polar surface area (TPSA) is 103 Å². The largest absolute Gasteiger partial charge is 0.496 e. The highest BCUT2D eigenvalue weighted by Crippen LogP contribution is 2.24. The van der Waals surface area contributed by atoms with Gasteiger partial charge in [0.1, 0.15) is 5.75 Å². The second kappa shape index (κ2) is 13.8. The first kappa shape index (κ1) is 28.2. The summed E-state index contributed by atoms with van der Waals surface area (Å²) in [6, 6.07) is 20.4. The Bertz CT molecular complexity index is 1230. The summed E-state index contributed by atoms with van der Waals surface area (Å²) >= 11 is 0. The molecule has 0 atom stereocenters. The molecule has 0 bridgehead atoms. The highest BCUT2D eigenvalue weighted by atomic mass is 16.5. The average molecular weight is 518 g/mol. The monoisotopic (exact) mass is 517 g/mol. The Morgan fingerprint density at radius 2 is 1.47 bits per heavy atom. The fourth-order valence-corrected chi connectivity index (χ4v) is 3.87. The molecular weight excluding hydrogens is 482 g/mol. The highest BCUT2D eigenvalue weighted by Gasteiger charge is 2.15. The van der Waals surface area contributed by atoms with Gasteiger partial charge in [0, 0.05) is 48.8 Å². The fourth-order valence-electron chi connectivity index (χ4n) is 3.87. The van der Waals surface area contributed by atoms with E-state index in [2.05, 4.69) is 34.7 Å². The third-order valence-corrected chi connectivity index (χ3v) is 6.15. The van der Waals surface area contributed by atoms with Gasteiger partial charge < -0.3 is 30.5 Å². The van der Waals surface area contributed by atoms with Crippen LogP contribution in [0.25, 0.3) is 0 Å². The Morgan fingerprint density at radius 1 is 0.842 bits per heavy atom. The standard InChI is InChI=1S/C29H35N5O4/c1-5-34(6-2)19-18-30-27(35)25-17-16-23(20-26(25)38-4)32-29(37)31-22-14-12-21(13-15-22)28(36)33(3)24-10-8-7-9-11-24/h7-17,20H,5-6,18-19H2,1-4H3,(H,30,35)(H2,31,32,37). The molecule has 9 nitrogen and oxygen atoms in total. The number of urea groups is 1. The Balaban J connectivity index is 1.57. The minimum absolute atomic E-state index is 0.156. The lowest BCUT2D eigenvalue weighted by Crippen LogP contribution is -2.34. The van der Waals surface area contributed by atoms with E-state index < -0.39 is 6.03 Å². The number of amides is 4. The van der Waals surface area contributed by atoms with Crippen molar-refractivity contribution in [2.24, 2.45) is 0 Å². The number of nitrogens with one attached hydrogen (secondary N) is 3. The van der Waals surface area contributed by atoms with Crippen LogP contribution in [-0.4, -0.2) is 63.1 Å². The molecule has 3 N–H and O–H groups in total. The number of rotatable bonds is 11. The Kier molecular flexibility index (Phi) is 10.2. The van der Waals surface area contributed by atoms with Gasteiger partial charge in [0.2, 0.25) is 0 Å². The van der Waals surface area contributed by atoms with Crippen molar-refractivity contribution in [3.05, 3.63) is 83.9 Å². The van der Waals surface area contributed by atoms with Crippen molar-refractivity contribution in [3.63, 3.8) is 0 Å². The molecule has 0 radical (unpaired) electrons. The van der Waals surface area contributed by atoms with Crippen molar-refractivity contribution in [1.82, 2.24) is 10.2 Å². The minimum atomic E-state index is -0.469. The van der Waals surface area contributed by atoms with E-state index in [0.717, 1.165) is 25.3 Å². The number of likely N-dealkylation sites (N-methyl/N-ethyl adjacent to an activating group) is 1. The lowest BCUT2D eigenvalue weighted by molar-refractivity contribution is 0.0944. The maximum atomic E-state index is 12.8. The number of ether oxygens (including phenoxy) is 1. The van der Waals surface area contributed by atoms with Crippen molar-refractivity contribution in [1.29, 1.82) is 0 Å². The zero-order valence-corrected chi connectivity index (χ0v) is 22.3. The third kappa shape index (κ3) is 7.57. The number of hydrogen-bond donors (Lipinski definition) is 3. The summed E-state index contributed by atoms with van der Waals surface area (Å²) in [5, 5.41) is 8.39. The predicted molar refractivity (Wildman–Crippen MR) is 151 cm³/mol. The van der Waals surface area contributed by atoms with E-state index in [1.54, 1.807) is 54.4 Å². The van der Waals surface area contributed by atoms with Gasteiger partial charge in [0.05, 0.1) is 12.7 Å². The van der Waals surface area contributed by atoms with Crippen LogP contribution in [0.2, 0.25) is 0 Å². The van der Waals surface area contributed by atoms with Crippen molar-refractivity contribution in [2.45, 2.75) is 13.8 Å². The number of anilines is 3. The van der Waals surface area contributed by atoms with Crippen LogP contribution in [0, 0.1) is 0 Å². The summed E-state index contributed by atoms with van der Waals surface area (Å²) in [6.45, 7) is 7.30. The van der Waals surface area contributed by atoms with Crippen LogP contribution < -0.4 is 25.6 Å². The van der Waals surface area contributed by atoms with Crippen LogP contribution in [-0.2, 0) is 0 Å². The summed E-state index contributed by atoms with van der Waals surface area (Å²) in [5.41, 5.74) is 2.67. The fraction of sp³-hybridized carbons (Fsp3) is 0.276. The predicted octanol–water partition coefficient (Wildman–Crippen LogP) is 4.69. The number of methoxy groups -OCH3 is 1. The van der Waals surface area contributed by atoms with Crippen LogP contribution in [0.1, 0.15) is 34.6 Å². The lowest BCUT2D eigenvalue weighted by atomic mass is 10.1. The first-order valence-corrected chi connectivity index (χ1v) is 12.6. The molecule has 0 aromatic heterocycles. The molecule has 200 valence electrons. The highest BCUT2D eigenvalue weighted by molar-refractivity contribution is 6.06. The van der Waals surface area contributed by atoms with Gasteiger partial charge in [0.15, 0.2) is 0 Å². The Morgan fingerprint density at radius 3 is 2.11 bits per heavy atom. The molecule has 0 unspecified atom stereocenters. The summed E-state index contributed by atoms with van der Waals surface area (Å²) in [5.74, 6) is -0.0393. The summed E-state index contributed by atoms with van der Waals surface area (Å²) in [6.07, 6.45) is 0. The second-order valence-electron chi connectivity index (χ2n) is 8.55. The van der Waals surface area contributed by atoms with E-state index in [9.17, 15) is 14.4 Å². The molecule has 38 heavy (non-hydrogen) atoms. The molecule has 0 aliphatic carbocycles. The third-order valence-electron chi connectivity index (χ3n) is 6.15. The molecule has 0 fully saturated rings. The Hall–Kier alpha value is -4.37. The van der Waals surface area contributed by atoms with E-state index in [-0.39, 0.29) is 11.8 Å². The maximum absolute atomic E-state index is 12.8. The number of para-hydroxylation sites is 1. The summed E-state index contributed by atoms with van der Waals surface area (Å²) in [7, 11) is 3.19. The summed E-state index contributed by atoms with van der Waals surface area (Å²) < 4.78 is 5.38. The molecule has 0 saturated heterocycles. The van der Waals surface area contributed by atoms with Gasteiger partial charge in [-0.1, -0.05) is 32.0 Å². The van der Waals surface area contributed by atoms with Gasteiger partial charge in [-0.05, 0) is 61.6 Å². The maximum Gasteiger partial charge on any atom is 0.323 e. The van der Waals surface area contributed by atoms with E-state index >= 15 is 0 Å². The van der Waals surface area contributed by atoms with E-state index in [0.29, 0.717) is 34.8 Å². The van der Waals surface area contributed by atoms with Crippen molar-refractivity contribution >= 4 is 34.9 Å². The van der Waals surface area contributed by atoms with Crippen molar-refractivity contribution in [3.8, 4) is 5.75 Å². The number of nitrogens with zero attached hydrogens (tertiary/aromatic N) is 2. The van der Waals surface area contributed by atoms with Gasteiger partial charge in [-0.15, -0.1) is 0 Å². The number of hydrogen-bond acceptors (Lipinski definition) is 5. The van der Waals surface area contributed by atoms with Gasteiger partial charge in [0.25, 0.3) is 11.8 Å². The zero-order valence-electron chi connectivity index (χ0n) is 22.3. The SMILES string of the molecule is CCN(CC)CCNC(=O)c1ccc(NC(=O)Nc2ccc(C(=O)N(C)c3ccccc3)cc2)cc1OC. The molecule has 9 heteroatoms. The number of carbonyl (C=O) groups excluding carboxylic acids is 3. The molecule has 0 spiro atoms. The molecule has 3 rings (SSSR count). The molecule has 4 amide bonds. The van der Waals surface area contributed by atoms with Gasteiger partial charge in [-0.2, -0.15) is 0 Å². The molecular formula is C29H35N5O4. The molecule has 0 aliphatic heterocycles. The van der Waals surface area contributed by atoms with Crippen LogP contribution in [0.15, 0.2) is 72.8 Å². The smallest absolute Gasteiger partial charge is 0.323 e. The van der Waals surface area contributed by atoms with Crippen LogP contribution >= 0.6 is 0 Å². The molecule has 0 saturated carbocycles. The van der Waals surface area contributed by atoms with Gasteiger partial charge in [-0.3, -0.25) is 9.59 Å². The quantitative estimate of drug-likeness (QED) is 0.343. The van der Waals surface area contributed by atoms with Crippen LogP contribution in [0.3, 0.4) is 0 Å². The van der Waals surface area contributed by atoms with Crippen LogP contribution in [0.4, 0.5) is 21.9 Å². The minimum Gasteiger partial charge on any atom is -0.496 e. The Labute approximate surface area is 223 Å². The first-order valence-electron chi connectivity index (χ1n) is 12.6. The van der Waals surface area contributed by atoms with E-state index in [1.807, 2.05) is 30.3 Å². The van der Waals surface area contributed by atoms with Crippen molar-refractivity contribution < 1.29 is 19.1 Å². The molecule has 3 aromatic carbocycles. The molecule has 0 aliphatic rings. The second-order valence-corrected chi connectivity index (χ2v) is 8.55. The molecule has 0 heterocycles. The zero-order chi connectivity index (χ0) is 27.5. The van der Waals surface area contributed by atoms with E-state index in [1.165, 1.54) is 7.11 Å². The lowest BCUT2D eigenvalue weighted by Gasteiger charge is -2.18. The van der Waals surface area contributed by atoms with Gasteiger partial charge >= 0.3 is 6.03 Å². The van der Waals surface area contributed by atoms with E-state index in [4.69, 9.17) is 4.74 Å². The summed E-state index contributed by atoms with van der Waals surface area (Å²) in [4.78, 5) is 41.7. The molecule has 3 aromatic rings. The van der Waals surface area contributed by atoms with Crippen LogP contribution in [0.5, 0.6) is 5.75 Å². The van der Waals surface area contributed by atoms with Crippen molar-refractivity contribution in [2.75, 3.05) is 55.9 Å². The average Bonchev–Trinajstić information content (AvgIpc) is 2.95. The van der Waals surface area contributed by atoms with Gasteiger partial charge in [-0.25, -0.2) is 4.79 Å². The first-order chi connectivity index (χ1) is 18.4. The number of carbonyl (C=O) groups is 3. The number of benzene rings is 3.